The number of benzene rings is 1. The summed E-state index contributed by atoms with van der Waals surface area (Å²) in [5.74, 6) is 0. The van der Waals surface area contributed by atoms with Gasteiger partial charge in [0.15, 0.2) is 0 Å². The van der Waals surface area contributed by atoms with Gasteiger partial charge in [-0.25, -0.2) is 0 Å². The number of fused-ring (bicyclic) bond motifs is 1. The van der Waals surface area contributed by atoms with E-state index in [4.69, 9.17) is 4.74 Å². The molecule has 0 bridgehead atoms. The molecule has 2 heterocycles. The van der Waals surface area contributed by atoms with Gasteiger partial charge < -0.3 is 9.30 Å². The Morgan fingerprint density at radius 3 is 2.79 bits per heavy atom. The van der Waals surface area contributed by atoms with E-state index in [1.54, 1.807) is 0 Å². The summed E-state index contributed by atoms with van der Waals surface area (Å²) in [4.78, 5) is 0. The second-order valence-corrected chi connectivity index (χ2v) is 4.39. The first-order chi connectivity index (χ1) is 6.79. The summed E-state index contributed by atoms with van der Waals surface area (Å²) >= 11 is 3.64. The van der Waals surface area contributed by atoms with Crippen LogP contribution in [0.5, 0.6) is 0 Å². The van der Waals surface area contributed by atoms with E-state index in [9.17, 15) is 0 Å². The Morgan fingerprint density at radius 2 is 2.14 bits per heavy atom. The van der Waals surface area contributed by atoms with Crippen LogP contribution in [0.3, 0.4) is 0 Å². The van der Waals surface area contributed by atoms with Crippen molar-refractivity contribution in [2.45, 2.75) is 6.10 Å². The third-order valence-electron chi connectivity index (χ3n) is 2.73. The number of nitrogens with zero attached hydrogens (tertiary/aromatic N) is 1. The van der Waals surface area contributed by atoms with Crippen LogP contribution in [0.4, 0.5) is 0 Å². The van der Waals surface area contributed by atoms with Crippen molar-refractivity contribution in [3.05, 3.63) is 34.4 Å². The van der Waals surface area contributed by atoms with E-state index >= 15 is 0 Å². The Balaban J connectivity index is 2.38. The highest BCUT2D eigenvalue weighted by Crippen LogP contribution is 2.40. The zero-order valence-electron chi connectivity index (χ0n) is 7.83. The van der Waals surface area contributed by atoms with Crippen molar-refractivity contribution < 1.29 is 4.74 Å². The second kappa shape index (κ2) is 2.84. The smallest absolute Gasteiger partial charge is 0.122 e. The Bertz CT molecular complexity index is 460. The van der Waals surface area contributed by atoms with Gasteiger partial charge in [0.2, 0.25) is 0 Å². The summed E-state index contributed by atoms with van der Waals surface area (Å²) in [5.41, 5.74) is 2.51. The average Bonchev–Trinajstić information content (AvgIpc) is 2.99. The van der Waals surface area contributed by atoms with Crippen LogP contribution < -0.4 is 0 Å². The van der Waals surface area contributed by atoms with E-state index in [0.29, 0.717) is 6.10 Å². The van der Waals surface area contributed by atoms with Gasteiger partial charge >= 0.3 is 0 Å². The summed E-state index contributed by atoms with van der Waals surface area (Å²) in [6, 6.07) is 8.38. The minimum atomic E-state index is 0.293. The average molecular weight is 252 g/mol. The van der Waals surface area contributed by atoms with E-state index in [-0.39, 0.29) is 0 Å². The minimum absolute atomic E-state index is 0.293. The van der Waals surface area contributed by atoms with Crippen LogP contribution in [-0.2, 0) is 11.8 Å². The van der Waals surface area contributed by atoms with Crippen molar-refractivity contribution in [2.75, 3.05) is 6.61 Å². The molecule has 0 N–H and O–H groups in total. The number of hydrogen-bond donors (Lipinski definition) is 0. The number of rotatable bonds is 1. The molecule has 2 nitrogen and oxygen atoms in total. The van der Waals surface area contributed by atoms with Gasteiger partial charge in [0, 0.05) is 22.4 Å². The molecule has 14 heavy (non-hydrogen) atoms. The molecule has 1 atom stereocenters. The fourth-order valence-corrected chi connectivity index (χ4v) is 2.79. The fraction of sp³-hybridized carbons (Fsp3) is 0.273. The van der Waals surface area contributed by atoms with Gasteiger partial charge in [-0.1, -0.05) is 18.2 Å². The Morgan fingerprint density at radius 1 is 1.43 bits per heavy atom. The highest BCUT2D eigenvalue weighted by atomic mass is 79.9. The van der Waals surface area contributed by atoms with Crippen LogP contribution in [0.1, 0.15) is 11.8 Å². The van der Waals surface area contributed by atoms with E-state index in [1.165, 1.54) is 21.1 Å². The van der Waals surface area contributed by atoms with E-state index < -0.39 is 0 Å². The molecule has 0 radical (unpaired) electrons. The lowest BCUT2D eigenvalue weighted by molar-refractivity contribution is 0.407. The molecule has 1 aliphatic rings. The van der Waals surface area contributed by atoms with Crippen molar-refractivity contribution in [2.24, 2.45) is 7.05 Å². The predicted octanol–water partition coefficient (Wildman–Crippen LogP) is 3.01. The largest absolute Gasteiger partial charge is 0.366 e. The quantitative estimate of drug-likeness (QED) is 0.713. The van der Waals surface area contributed by atoms with E-state index in [0.717, 1.165) is 6.61 Å². The van der Waals surface area contributed by atoms with Crippen LogP contribution in [0, 0.1) is 0 Å². The number of ether oxygens (including phenoxy) is 1. The van der Waals surface area contributed by atoms with Crippen molar-refractivity contribution in [1.82, 2.24) is 4.57 Å². The first kappa shape index (κ1) is 8.50. The number of halogens is 1. The maximum Gasteiger partial charge on any atom is 0.122 e. The molecule has 2 aromatic rings. The van der Waals surface area contributed by atoms with Crippen LogP contribution in [0.15, 0.2) is 28.7 Å². The van der Waals surface area contributed by atoms with Gasteiger partial charge in [0.25, 0.3) is 0 Å². The molecule has 0 saturated carbocycles. The molecule has 3 rings (SSSR count). The van der Waals surface area contributed by atoms with Gasteiger partial charge in [-0.15, -0.1) is 0 Å². The highest BCUT2D eigenvalue weighted by Gasteiger charge is 2.31. The molecular weight excluding hydrogens is 242 g/mol. The zero-order chi connectivity index (χ0) is 9.71. The molecule has 72 valence electrons. The topological polar surface area (TPSA) is 17.5 Å². The summed E-state index contributed by atoms with van der Waals surface area (Å²) in [6.45, 7) is 0.850. The summed E-state index contributed by atoms with van der Waals surface area (Å²) in [7, 11) is 2.09. The summed E-state index contributed by atoms with van der Waals surface area (Å²) in [6.07, 6.45) is 0.293. The van der Waals surface area contributed by atoms with E-state index in [2.05, 4.69) is 51.8 Å². The second-order valence-electron chi connectivity index (χ2n) is 3.60. The molecule has 1 aliphatic heterocycles. The fourth-order valence-electron chi connectivity index (χ4n) is 1.93. The molecule has 1 saturated heterocycles. The maximum absolute atomic E-state index is 5.33. The molecule has 0 aliphatic carbocycles. The van der Waals surface area contributed by atoms with Gasteiger partial charge in [0.1, 0.15) is 6.10 Å². The molecule has 1 aromatic carbocycles. The molecule has 3 heteroatoms. The first-order valence-corrected chi connectivity index (χ1v) is 5.43. The lowest BCUT2D eigenvalue weighted by atomic mass is 10.2. The SMILES string of the molecule is Cn1c([C@@H]2CO2)c(Br)c2ccccc21. The Kier molecular flexibility index (Phi) is 1.73. The molecule has 0 unspecified atom stereocenters. The van der Waals surface area contributed by atoms with Gasteiger partial charge in [0.05, 0.1) is 12.3 Å². The van der Waals surface area contributed by atoms with Crippen molar-refractivity contribution >= 4 is 26.8 Å². The van der Waals surface area contributed by atoms with Crippen molar-refractivity contribution in [3.63, 3.8) is 0 Å². The summed E-state index contributed by atoms with van der Waals surface area (Å²) < 4.78 is 8.72. The van der Waals surface area contributed by atoms with Crippen molar-refractivity contribution in [1.29, 1.82) is 0 Å². The van der Waals surface area contributed by atoms with Gasteiger partial charge in [-0.2, -0.15) is 0 Å². The number of aromatic nitrogens is 1. The number of hydrogen-bond acceptors (Lipinski definition) is 1. The Labute approximate surface area is 90.6 Å². The lowest BCUT2D eigenvalue weighted by Crippen LogP contribution is -1.94. The third kappa shape index (κ3) is 1.06. The molecule has 1 fully saturated rings. The minimum Gasteiger partial charge on any atom is -0.366 e. The lowest BCUT2D eigenvalue weighted by Gasteiger charge is -1.99. The Hall–Kier alpha value is -0.800. The standard InChI is InChI=1S/C11H10BrNO/c1-13-8-5-3-2-4-7(8)10(12)11(13)9-6-14-9/h2-5,9H,6H2,1H3/t9-/m0/s1. The monoisotopic (exact) mass is 251 g/mol. The number of aryl methyl sites for hydroxylation is 1. The van der Waals surface area contributed by atoms with Gasteiger partial charge in [-0.05, 0) is 22.0 Å². The predicted molar refractivity (Wildman–Crippen MR) is 59.3 cm³/mol. The maximum atomic E-state index is 5.33. The number of epoxide rings is 1. The van der Waals surface area contributed by atoms with Crippen LogP contribution >= 0.6 is 15.9 Å². The summed E-state index contributed by atoms with van der Waals surface area (Å²) in [5, 5.41) is 1.26. The van der Waals surface area contributed by atoms with Crippen LogP contribution in [-0.4, -0.2) is 11.2 Å². The normalized spacial score (nSPS) is 20.3. The molecule has 0 spiro atoms. The van der Waals surface area contributed by atoms with Crippen molar-refractivity contribution in [3.8, 4) is 0 Å². The van der Waals surface area contributed by atoms with Gasteiger partial charge in [-0.3, -0.25) is 0 Å². The number of para-hydroxylation sites is 1. The molecular formula is C11H10BrNO. The van der Waals surface area contributed by atoms with Crippen LogP contribution in [0.2, 0.25) is 0 Å². The third-order valence-corrected chi connectivity index (χ3v) is 3.56. The molecule has 0 amide bonds. The zero-order valence-corrected chi connectivity index (χ0v) is 9.41. The first-order valence-electron chi connectivity index (χ1n) is 4.63. The molecule has 1 aromatic heterocycles. The van der Waals surface area contributed by atoms with E-state index in [1.807, 2.05) is 0 Å². The van der Waals surface area contributed by atoms with Crippen LogP contribution in [0.25, 0.3) is 10.9 Å². The highest BCUT2D eigenvalue weighted by molar-refractivity contribution is 9.10.